The van der Waals surface area contributed by atoms with Gasteiger partial charge in [-0.05, 0) is 24.1 Å². The average molecular weight is 266 g/mol. The molecular weight excluding hydrogens is 244 g/mol. The summed E-state index contributed by atoms with van der Waals surface area (Å²) in [7, 11) is 3.21. The fourth-order valence-corrected chi connectivity index (χ4v) is 1.70. The predicted molar refractivity (Wildman–Crippen MR) is 73.7 cm³/mol. The van der Waals surface area contributed by atoms with E-state index in [2.05, 4.69) is 5.32 Å². The van der Waals surface area contributed by atoms with Gasteiger partial charge in [-0.1, -0.05) is 12.1 Å². The minimum Gasteiger partial charge on any atom is -0.356 e. The van der Waals surface area contributed by atoms with Crippen LogP contribution in [0.25, 0.3) is 0 Å². The van der Waals surface area contributed by atoms with E-state index in [9.17, 15) is 4.79 Å². The number of amides is 1. The van der Waals surface area contributed by atoms with Crippen LogP contribution in [0.5, 0.6) is 0 Å². The van der Waals surface area contributed by atoms with Crippen molar-refractivity contribution < 1.29 is 14.3 Å². The summed E-state index contributed by atoms with van der Waals surface area (Å²) in [6.45, 7) is 1.08. The summed E-state index contributed by atoms with van der Waals surface area (Å²) in [6, 6.07) is 7.29. The molecule has 3 N–H and O–H groups in total. The first-order chi connectivity index (χ1) is 9.21. The highest BCUT2D eigenvalue weighted by Crippen LogP contribution is 2.04. The molecule has 0 heterocycles. The van der Waals surface area contributed by atoms with Crippen LogP contribution >= 0.6 is 0 Å². The van der Waals surface area contributed by atoms with E-state index in [1.54, 1.807) is 26.4 Å². The zero-order valence-electron chi connectivity index (χ0n) is 11.5. The van der Waals surface area contributed by atoms with Crippen molar-refractivity contribution in [2.75, 3.05) is 20.8 Å². The summed E-state index contributed by atoms with van der Waals surface area (Å²) >= 11 is 0. The normalized spacial score (nSPS) is 10.7. The van der Waals surface area contributed by atoms with Gasteiger partial charge in [-0.2, -0.15) is 0 Å². The van der Waals surface area contributed by atoms with E-state index < -0.39 is 0 Å². The number of methoxy groups -OCH3 is 2. The van der Waals surface area contributed by atoms with Crippen molar-refractivity contribution in [1.82, 2.24) is 5.32 Å². The molecular formula is C14H22N2O3. The van der Waals surface area contributed by atoms with Gasteiger partial charge in [0.15, 0.2) is 6.29 Å². The van der Waals surface area contributed by atoms with Crippen molar-refractivity contribution in [3.63, 3.8) is 0 Å². The van der Waals surface area contributed by atoms with Crippen LogP contribution in [-0.2, 0) is 16.0 Å². The van der Waals surface area contributed by atoms with Crippen molar-refractivity contribution in [3.8, 4) is 0 Å². The van der Waals surface area contributed by atoms with Crippen molar-refractivity contribution in [1.29, 1.82) is 0 Å². The first-order valence-corrected chi connectivity index (χ1v) is 6.34. The van der Waals surface area contributed by atoms with E-state index in [-0.39, 0.29) is 12.2 Å². The Balaban J connectivity index is 2.30. The third kappa shape index (κ3) is 5.38. The van der Waals surface area contributed by atoms with E-state index in [4.69, 9.17) is 15.2 Å². The molecule has 106 valence electrons. The zero-order chi connectivity index (χ0) is 14.1. The molecule has 1 aromatic carbocycles. The molecule has 0 radical (unpaired) electrons. The van der Waals surface area contributed by atoms with Crippen molar-refractivity contribution >= 4 is 5.91 Å². The molecule has 1 aromatic rings. The Bertz CT molecular complexity index is 375. The van der Waals surface area contributed by atoms with Gasteiger partial charge in [0.05, 0.1) is 0 Å². The largest absolute Gasteiger partial charge is 0.356 e. The maximum absolute atomic E-state index is 11.8. The van der Waals surface area contributed by atoms with Gasteiger partial charge in [0.1, 0.15) is 0 Å². The van der Waals surface area contributed by atoms with Gasteiger partial charge in [0, 0.05) is 39.3 Å². The fraction of sp³-hybridized carbons (Fsp3) is 0.500. The van der Waals surface area contributed by atoms with E-state index in [0.29, 0.717) is 18.7 Å². The van der Waals surface area contributed by atoms with Crippen molar-refractivity contribution in [2.24, 2.45) is 5.73 Å². The summed E-state index contributed by atoms with van der Waals surface area (Å²) < 4.78 is 10.1. The standard InChI is InChI=1S/C14H22N2O3/c1-18-13(19-2)4-3-9-16-14(17)12-7-5-11(10-15)6-8-12/h5-8,13H,3-4,9-10,15H2,1-2H3,(H,16,17). The van der Waals surface area contributed by atoms with Crippen LogP contribution < -0.4 is 11.1 Å². The monoisotopic (exact) mass is 266 g/mol. The Kier molecular flexibility index (Phi) is 7.10. The summed E-state index contributed by atoms with van der Waals surface area (Å²) in [5, 5.41) is 2.86. The molecule has 0 bridgehead atoms. The number of nitrogens with two attached hydrogens (primary N) is 1. The highest BCUT2D eigenvalue weighted by atomic mass is 16.7. The maximum atomic E-state index is 11.8. The lowest BCUT2D eigenvalue weighted by Gasteiger charge is -2.13. The summed E-state index contributed by atoms with van der Waals surface area (Å²) in [6.07, 6.45) is 1.35. The van der Waals surface area contributed by atoms with E-state index in [1.165, 1.54) is 0 Å². The van der Waals surface area contributed by atoms with Crippen LogP contribution in [0.15, 0.2) is 24.3 Å². The molecule has 0 saturated carbocycles. The van der Waals surface area contributed by atoms with Gasteiger partial charge < -0.3 is 20.5 Å². The second-order valence-corrected chi connectivity index (χ2v) is 4.20. The smallest absolute Gasteiger partial charge is 0.251 e. The maximum Gasteiger partial charge on any atom is 0.251 e. The van der Waals surface area contributed by atoms with Crippen LogP contribution in [0.1, 0.15) is 28.8 Å². The third-order valence-electron chi connectivity index (χ3n) is 2.88. The minimum atomic E-state index is -0.208. The van der Waals surface area contributed by atoms with Gasteiger partial charge in [-0.15, -0.1) is 0 Å². The van der Waals surface area contributed by atoms with Gasteiger partial charge in [-0.25, -0.2) is 0 Å². The number of hydrogen-bond acceptors (Lipinski definition) is 4. The Morgan fingerprint density at radius 3 is 2.42 bits per heavy atom. The molecule has 0 unspecified atom stereocenters. The molecule has 0 aliphatic heterocycles. The molecule has 0 fully saturated rings. The molecule has 0 aromatic heterocycles. The lowest BCUT2D eigenvalue weighted by Crippen LogP contribution is -2.25. The number of carbonyl (C=O) groups is 1. The first kappa shape index (κ1) is 15.6. The summed E-state index contributed by atoms with van der Waals surface area (Å²) in [4.78, 5) is 11.8. The first-order valence-electron chi connectivity index (χ1n) is 6.34. The molecule has 1 rings (SSSR count). The summed E-state index contributed by atoms with van der Waals surface area (Å²) in [5.74, 6) is -0.0741. The molecule has 5 nitrogen and oxygen atoms in total. The van der Waals surface area contributed by atoms with Crippen LogP contribution in [-0.4, -0.2) is 33.0 Å². The highest BCUT2D eigenvalue weighted by molar-refractivity contribution is 5.94. The molecule has 0 aliphatic carbocycles. The van der Waals surface area contributed by atoms with Crippen LogP contribution in [0.2, 0.25) is 0 Å². The Morgan fingerprint density at radius 2 is 1.89 bits per heavy atom. The lowest BCUT2D eigenvalue weighted by molar-refractivity contribution is -0.106. The summed E-state index contributed by atoms with van der Waals surface area (Å²) in [5.41, 5.74) is 7.16. The third-order valence-corrected chi connectivity index (χ3v) is 2.88. The van der Waals surface area contributed by atoms with Crippen molar-refractivity contribution in [3.05, 3.63) is 35.4 Å². The van der Waals surface area contributed by atoms with E-state index in [1.807, 2.05) is 12.1 Å². The average Bonchev–Trinajstić information content (AvgIpc) is 2.47. The molecule has 0 spiro atoms. The zero-order valence-corrected chi connectivity index (χ0v) is 11.5. The van der Waals surface area contributed by atoms with E-state index >= 15 is 0 Å². The second-order valence-electron chi connectivity index (χ2n) is 4.20. The van der Waals surface area contributed by atoms with Gasteiger partial charge in [0.2, 0.25) is 0 Å². The lowest BCUT2D eigenvalue weighted by atomic mass is 10.1. The Hall–Kier alpha value is -1.43. The molecule has 1 amide bonds. The molecule has 0 saturated heterocycles. The molecule has 0 atom stereocenters. The second kappa shape index (κ2) is 8.63. The molecule has 5 heteroatoms. The topological polar surface area (TPSA) is 73.6 Å². The molecule has 19 heavy (non-hydrogen) atoms. The van der Waals surface area contributed by atoms with Crippen LogP contribution in [0, 0.1) is 0 Å². The fourth-order valence-electron chi connectivity index (χ4n) is 1.70. The van der Waals surface area contributed by atoms with Crippen LogP contribution in [0.3, 0.4) is 0 Å². The van der Waals surface area contributed by atoms with Gasteiger partial charge in [-0.3, -0.25) is 4.79 Å². The Labute approximate surface area is 114 Å². The SMILES string of the molecule is COC(CCCNC(=O)c1ccc(CN)cc1)OC. The van der Waals surface area contributed by atoms with Crippen molar-refractivity contribution in [2.45, 2.75) is 25.7 Å². The number of carbonyl (C=O) groups excluding carboxylic acids is 1. The van der Waals surface area contributed by atoms with E-state index in [0.717, 1.165) is 18.4 Å². The number of hydrogen-bond donors (Lipinski definition) is 2. The number of nitrogens with one attached hydrogen (secondary N) is 1. The van der Waals surface area contributed by atoms with Gasteiger partial charge in [0.25, 0.3) is 5.91 Å². The number of ether oxygens (including phenoxy) is 2. The number of rotatable bonds is 8. The Morgan fingerprint density at radius 1 is 1.26 bits per heavy atom. The quantitative estimate of drug-likeness (QED) is 0.549. The molecule has 0 aliphatic rings. The predicted octanol–water partition coefficient (Wildman–Crippen LogP) is 1.27. The van der Waals surface area contributed by atoms with Gasteiger partial charge >= 0.3 is 0 Å². The minimum absolute atomic E-state index is 0.0741. The highest BCUT2D eigenvalue weighted by Gasteiger charge is 2.07. The number of benzene rings is 1. The van der Waals surface area contributed by atoms with Crippen LogP contribution in [0.4, 0.5) is 0 Å².